The van der Waals surface area contributed by atoms with Gasteiger partial charge in [-0.15, -0.1) is 0 Å². The summed E-state index contributed by atoms with van der Waals surface area (Å²) in [6.45, 7) is 4.21. The van der Waals surface area contributed by atoms with Crippen LogP contribution in [0.5, 0.6) is 5.75 Å². The molecule has 0 bridgehead atoms. The number of carbonyl (C=O) groups excluding carboxylic acids is 1. The molecule has 0 aliphatic rings. The molecule has 0 saturated heterocycles. The third-order valence-corrected chi connectivity index (χ3v) is 5.89. The molecule has 0 saturated carbocycles. The second-order valence-corrected chi connectivity index (χ2v) is 8.46. The molecule has 0 aromatic heterocycles. The Morgan fingerprint density at radius 1 is 1.18 bits per heavy atom. The summed E-state index contributed by atoms with van der Waals surface area (Å²) in [5, 5.41) is 2.86. The van der Waals surface area contributed by atoms with E-state index >= 15 is 0 Å². The lowest BCUT2D eigenvalue weighted by Gasteiger charge is -2.15. The van der Waals surface area contributed by atoms with Crippen LogP contribution in [0.1, 0.15) is 38.3 Å². The molecule has 1 atom stereocenters. The van der Waals surface area contributed by atoms with Crippen molar-refractivity contribution in [1.29, 1.82) is 0 Å². The van der Waals surface area contributed by atoms with Gasteiger partial charge in [0, 0.05) is 12.6 Å². The first-order chi connectivity index (χ1) is 13.3. The molecular weight excluding hydrogens is 400 g/mol. The second-order valence-electron chi connectivity index (χ2n) is 6.34. The molecule has 2 rings (SSSR count). The summed E-state index contributed by atoms with van der Waals surface area (Å²) < 4.78 is 33.2. The minimum absolute atomic E-state index is 0.0278. The van der Waals surface area contributed by atoms with E-state index in [1.165, 1.54) is 18.2 Å². The Morgan fingerprint density at radius 2 is 1.89 bits per heavy atom. The fourth-order valence-electron chi connectivity index (χ4n) is 2.48. The van der Waals surface area contributed by atoms with Crippen LogP contribution >= 0.6 is 11.6 Å². The standard InChI is InChI=1S/C20H25ClN2O4S/c1-3-4-12-22-20(24)14-27-19-11-10-17(13-18(19)21)28(25,26)23-15(2)16-8-6-5-7-9-16/h5-11,13,15,23H,3-4,12,14H2,1-2H3,(H,22,24). The van der Waals surface area contributed by atoms with Crippen molar-refractivity contribution in [3.8, 4) is 5.75 Å². The van der Waals surface area contributed by atoms with E-state index in [1.807, 2.05) is 37.3 Å². The minimum atomic E-state index is -3.76. The molecule has 1 unspecified atom stereocenters. The van der Waals surface area contributed by atoms with Crippen molar-refractivity contribution in [3.63, 3.8) is 0 Å². The molecule has 0 spiro atoms. The molecule has 0 aliphatic heterocycles. The van der Waals surface area contributed by atoms with Gasteiger partial charge in [-0.1, -0.05) is 55.3 Å². The maximum absolute atomic E-state index is 12.6. The van der Waals surface area contributed by atoms with E-state index in [1.54, 1.807) is 6.92 Å². The van der Waals surface area contributed by atoms with Crippen LogP contribution in [0.4, 0.5) is 0 Å². The average Bonchev–Trinajstić information content (AvgIpc) is 2.67. The van der Waals surface area contributed by atoms with E-state index < -0.39 is 16.1 Å². The first kappa shape index (κ1) is 22.2. The van der Waals surface area contributed by atoms with Gasteiger partial charge in [-0.05, 0) is 37.1 Å². The highest BCUT2D eigenvalue weighted by atomic mass is 35.5. The van der Waals surface area contributed by atoms with Gasteiger partial charge in [0.2, 0.25) is 10.0 Å². The van der Waals surface area contributed by atoms with Crippen LogP contribution in [0.3, 0.4) is 0 Å². The van der Waals surface area contributed by atoms with Gasteiger partial charge in [-0.25, -0.2) is 13.1 Å². The van der Waals surface area contributed by atoms with Crippen molar-refractivity contribution in [2.45, 2.75) is 37.6 Å². The van der Waals surface area contributed by atoms with Gasteiger partial charge in [-0.3, -0.25) is 4.79 Å². The Kier molecular flexibility index (Phi) is 8.29. The van der Waals surface area contributed by atoms with Crippen molar-refractivity contribution >= 4 is 27.5 Å². The van der Waals surface area contributed by atoms with Crippen LogP contribution in [-0.2, 0) is 14.8 Å². The summed E-state index contributed by atoms with van der Waals surface area (Å²) in [5.41, 5.74) is 0.853. The molecule has 0 heterocycles. The smallest absolute Gasteiger partial charge is 0.257 e. The molecular formula is C20H25ClN2O4S. The largest absolute Gasteiger partial charge is 0.482 e. The molecule has 0 radical (unpaired) electrons. The second kappa shape index (κ2) is 10.5. The van der Waals surface area contributed by atoms with Gasteiger partial charge in [0.05, 0.1) is 9.92 Å². The third-order valence-electron chi connectivity index (χ3n) is 4.06. The van der Waals surface area contributed by atoms with Gasteiger partial charge in [0.25, 0.3) is 5.91 Å². The number of halogens is 1. The van der Waals surface area contributed by atoms with Crippen LogP contribution < -0.4 is 14.8 Å². The summed E-state index contributed by atoms with van der Waals surface area (Å²) in [7, 11) is -3.76. The lowest BCUT2D eigenvalue weighted by Crippen LogP contribution is -2.29. The number of hydrogen-bond donors (Lipinski definition) is 2. The van der Waals surface area contributed by atoms with Gasteiger partial charge in [-0.2, -0.15) is 0 Å². The molecule has 28 heavy (non-hydrogen) atoms. The predicted molar refractivity (Wildman–Crippen MR) is 110 cm³/mol. The van der Waals surface area contributed by atoms with Crippen LogP contribution in [-0.4, -0.2) is 27.5 Å². The molecule has 0 fully saturated rings. The summed E-state index contributed by atoms with van der Waals surface area (Å²) in [6.07, 6.45) is 1.88. The molecule has 6 nitrogen and oxygen atoms in total. The lowest BCUT2D eigenvalue weighted by molar-refractivity contribution is -0.123. The number of hydrogen-bond acceptors (Lipinski definition) is 4. The molecule has 0 aliphatic carbocycles. The highest BCUT2D eigenvalue weighted by Gasteiger charge is 2.20. The van der Waals surface area contributed by atoms with Crippen LogP contribution in [0.25, 0.3) is 0 Å². The van der Waals surface area contributed by atoms with Crippen molar-refractivity contribution in [2.24, 2.45) is 0 Å². The number of sulfonamides is 1. The summed E-state index contributed by atoms with van der Waals surface area (Å²) in [6, 6.07) is 13.0. The molecule has 152 valence electrons. The fourth-order valence-corrected chi connectivity index (χ4v) is 4.03. The lowest BCUT2D eigenvalue weighted by atomic mass is 10.1. The molecule has 2 aromatic rings. The van der Waals surface area contributed by atoms with E-state index in [2.05, 4.69) is 10.0 Å². The van der Waals surface area contributed by atoms with Gasteiger partial charge < -0.3 is 10.1 Å². The minimum Gasteiger partial charge on any atom is -0.482 e. The zero-order valence-electron chi connectivity index (χ0n) is 15.9. The van der Waals surface area contributed by atoms with Crippen LogP contribution in [0.15, 0.2) is 53.4 Å². The van der Waals surface area contributed by atoms with E-state index in [0.717, 1.165) is 18.4 Å². The van der Waals surface area contributed by atoms with Crippen molar-refractivity contribution in [3.05, 3.63) is 59.1 Å². The highest BCUT2D eigenvalue weighted by molar-refractivity contribution is 7.89. The molecule has 8 heteroatoms. The maximum atomic E-state index is 12.6. The van der Waals surface area contributed by atoms with E-state index in [4.69, 9.17) is 16.3 Å². The molecule has 1 amide bonds. The van der Waals surface area contributed by atoms with Gasteiger partial charge in [0.1, 0.15) is 5.75 Å². The van der Waals surface area contributed by atoms with Gasteiger partial charge >= 0.3 is 0 Å². The number of amides is 1. The van der Waals surface area contributed by atoms with E-state index in [-0.39, 0.29) is 28.2 Å². The van der Waals surface area contributed by atoms with Crippen LogP contribution in [0, 0.1) is 0 Å². The van der Waals surface area contributed by atoms with Gasteiger partial charge in [0.15, 0.2) is 6.61 Å². The first-order valence-corrected chi connectivity index (χ1v) is 11.0. The van der Waals surface area contributed by atoms with E-state index in [0.29, 0.717) is 6.54 Å². The number of benzene rings is 2. The topological polar surface area (TPSA) is 84.5 Å². The summed E-state index contributed by atoms with van der Waals surface area (Å²) in [5.74, 6) is 0.00179. The quantitative estimate of drug-likeness (QED) is 0.570. The monoisotopic (exact) mass is 424 g/mol. The van der Waals surface area contributed by atoms with Crippen molar-refractivity contribution < 1.29 is 17.9 Å². The Bertz CT molecular complexity index is 888. The Labute approximate surface area is 171 Å². The third kappa shape index (κ3) is 6.51. The Balaban J connectivity index is 2.01. The first-order valence-electron chi connectivity index (χ1n) is 9.10. The predicted octanol–water partition coefficient (Wildman–Crippen LogP) is 3.67. The number of carbonyl (C=O) groups is 1. The number of ether oxygens (including phenoxy) is 1. The fraction of sp³-hybridized carbons (Fsp3) is 0.350. The summed E-state index contributed by atoms with van der Waals surface area (Å²) >= 11 is 6.15. The molecule has 2 aromatic carbocycles. The molecule has 2 N–H and O–H groups in total. The number of rotatable bonds is 10. The van der Waals surface area contributed by atoms with Crippen molar-refractivity contribution in [1.82, 2.24) is 10.0 Å². The Morgan fingerprint density at radius 3 is 2.54 bits per heavy atom. The SMILES string of the molecule is CCCCNC(=O)COc1ccc(S(=O)(=O)NC(C)c2ccccc2)cc1Cl. The Hall–Kier alpha value is -2.09. The summed E-state index contributed by atoms with van der Waals surface area (Å²) in [4.78, 5) is 11.7. The van der Waals surface area contributed by atoms with Crippen LogP contribution in [0.2, 0.25) is 5.02 Å². The maximum Gasteiger partial charge on any atom is 0.257 e. The van der Waals surface area contributed by atoms with E-state index in [9.17, 15) is 13.2 Å². The number of unbranched alkanes of at least 4 members (excludes halogenated alkanes) is 1. The number of nitrogens with one attached hydrogen (secondary N) is 2. The zero-order chi connectivity index (χ0) is 20.6. The zero-order valence-corrected chi connectivity index (χ0v) is 17.5. The van der Waals surface area contributed by atoms with Crippen molar-refractivity contribution in [2.75, 3.05) is 13.2 Å². The average molecular weight is 425 g/mol. The normalized spacial score (nSPS) is 12.4. The highest BCUT2D eigenvalue weighted by Crippen LogP contribution is 2.28.